The van der Waals surface area contributed by atoms with Gasteiger partial charge in [-0.05, 0) is 24.6 Å². The standard InChI is InChI=1S/C25H23N3O4/c1-17-8-7-15-32-21-12-6-5-11-19(21)22(18-9-3-2-4-10-18)28-16-26(17)25(31)23-24(30)20(29)13-14-27(23)28/h2-14,17,22,30H,15-16H2,1H3/b8-7+/t17-,22-/m1/s1. The average Bonchev–Trinajstić information content (AvgIpc) is 2.83. The molecule has 0 saturated heterocycles. The number of ether oxygens (including phenoxy) is 1. The van der Waals surface area contributed by atoms with Crippen molar-refractivity contribution >= 4 is 5.91 Å². The molecule has 0 radical (unpaired) electrons. The van der Waals surface area contributed by atoms with E-state index in [4.69, 9.17) is 4.74 Å². The summed E-state index contributed by atoms with van der Waals surface area (Å²) >= 11 is 0. The molecule has 1 amide bonds. The van der Waals surface area contributed by atoms with Gasteiger partial charge in [-0.15, -0.1) is 0 Å². The SMILES string of the molecule is C[C@@H]1/C=C/COc2ccccc2[C@@H](c2ccccc2)N2CN1C(=O)c1c(O)c(=O)ccn12. The molecule has 2 atom stereocenters. The van der Waals surface area contributed by atoms with Crippen LogP contribution in [0.2, 0.25) is 0 Å². The van der Waals surface area contributed by atoms with Crippen LogP contribution in [-0.4, -0.2) is 39.9 Å². The topological polar surface area (TPSA) is 75.0 Å². The quantitative estimate of drug-likeness (QED) is 0.602. The molecule has 0 saturated carbocycles. The van der Waals surface area contributed by atoms with Crippen molar-refractivity contribution in [1.29, 1.82) is 0 Å². The largest absolute Gasteiger partial charge is 0.502 e. The molecule has 1 aromatic heterocycles. The first kappa shape index (κ1) is 19.9. The minimum absolute atomic E-state index is 0.0393. The molecule has 32 heavy (non-hydrogen) atoms. The highest BCUT2D eigenvalue weighted by Crippen LogP contribution is 2.37. The maximum absolute atomic E-state index is 13.4. The third kappa shape index (κ3) is 3.22. The lowest BCUT2D eigenvalue weighted by molar-refractivity contribution is 0.0643. The summed E-state index contributed by atoms with van der Waals surface area (Å²) in [6.07, 6.45) is 5.33. The molecule has 3 aromatic rings. The Morgan fingerprint density at radius 2 is 1.75 bits per heavy atom. The molecule has 2 aliphatic heterocycles. The van der Waals surface area contributed by atoms with Gasteiger partial charge in [-0.25, -0.2) is 0 Å². The van der Waals surface area contributed by atoms with Gasteiger partial charge in [0.2, 0.25) is 5.43 Å². The van der Waals surface area contributed by atoms with Crippen LogP contribution in [-0.2, 0) is 0 Å². The molecule has 2 aromatic carbocycles. The van der Waals surface area contributed by atoms with Gasteiger partial charge in [-0.2, -0.15) is 0 Å². The molecule has 2 bridgehead atoms. The summed E-state index contributed by atoms with van der Waals surface area (Å²) < 4.78 is 7.70. The molecule has 5 rings (SSSR count). The Morgan fingerprint density at radius 1 is 1.00 bits per heavy atom. The van der Waals surface area contributed by atoms with Crippen molar-refractivity contribution in [2.45, 2.75) is 19.0 Å². The zero-order chi connectivity index (χ0) is 22.2. The van der Waals surface area contributed by atoms with Gasteiger partial charge >= 0.3 is 0 Å². The summed E-state index contributed by atoms with van der Waals surface area (Å²) in [6.45, 7) is 2.53. The van der Waals surface area contributed by atoms with E-state index in [1.54, 1.807) is 15.8 Å². The van der Waals surface area contributed by atoms with Gasteiger partial charge < -0.3 is 14.7 Å². The predicted octanol–water partition coefficient (Wildman–Crippen LogP) is 3.03. The molecule has 0 unspecified atom stereocenters. The minimum atomic E-state index is -0.584. The molecule has 1 N–H and O–H groups in total. The van der Waals surface area contributed by atoms with E-state index in [1.807, 2.05) is 78.7 Å². The fraction of sp³-hybridized carbons (Fsp3) is 0.200. The summed E-state index contributed by atoms with van der Waals surface area (Å²) in [6, 6.07) is 18.4. The number of carbonyl (C=O) groups is 1. The van der Waals surface area contributed by atoms with Crippen molar-refractivity contribution in [1.82, 2.24) is 9.58 Å². The Labute approximate surface area is 185 Å². The number of amides is 1. The molecule has 0 spiro atoms. The highest BCUT2D eigenvalue weighted by molar-refractivity contribution is 5.96. The predicted molar refractivity (Wildman–Crippen MR) is 120 cm³/mol. The van der Waals surface area contributed by atoms with E-state index < -0.39 is 17.1 Å². The number of nitrogens with zero attached hydrogens (tertiary/aromatic N) is 3. The number of hydrogen-bond donors (Lipinski definition) is 1. The van der Waals surface area contributed by atoms with Gasteiger partial charge in [0.25, 0.3) is 5.91 Å². The maximum Gasteiger partial charge on any atom is 0.278 e. The van der Waals surface area contributed by atoms with Crippen molar-refractivity contribution in [3.05, 3.63) is 106 Å². The Kier molecular flexibility index (Phi) is 4.93. The van der Waals surface area contributed by atoms with Crippen molar-refractivity contribution in [2.24, 2.45) is 0 Å². The van der Waals surface area contributed by atoms with Crippen molar-refractivity contribution < 1.29 is 14.6 Å². The lowest BCUT2D eigenvalue weighted by Gasteiger charge is -2.45. The first-order valence-electron chi connectivity index (χ1n) is 10.5. The minimum Gasteiger partial charge on any atom is -0.502 e. The Balaban J connectivity index is 1.81. The fourth-order valence-corrected chi connectivity index (χ4v) is 4.35. The second-order valence-corrected chi connectivity index (χ2v) is 7.91. The molecule has 162 valence electrons. The molecular weight excluding hydrogens is 406 g/mol. The zero-order valence-electron chi connectivity index (χ0n) is 17.6. The number of hydrogen-bond acceptors (Lipinski definition) is 5. The van der Waals surface area contributed by atoms with Crippen LogP contribution < -0.4 is 15.2 Å². The summed E-state index contributed by atoms with van der Waals surface area (Å²) in [7, 11) is 0. The fourth-order valence-electron chi connectivity index (χ4n) is 4.35. The van der Waals surface area contributed by atoms with E-state index in [-0.39, 0.29) is 24.4 Å². The van der Waals surface area contributed by atoms with Crippen LogP contribution in [0.25, 0.3) is 0 Å². The maximum atomic E-state index is 13.4. The molecule has 7 nitrogen and oxygen atoms in total. The third-order valence-corrected chi connectivity index (χ3v) is 5.96. The molecule has 0 aliphatic carbocycles. The number of rotatable bonds is 1. The number of para-hydroxylation sites is 1. The summed E-state index contributed by atoms with van der Waals surface area (Å²) in [4.78, 5) is 27.2. The Bertz CT molecular complexity index is 1250. The molecule has 7 heteroatoms. The van der Waals surface area contributed by atoms with Gasteiger partial charge in [-0.1, -0.05) is 54.6 Å². The number of aromatic nitrogens is 1. The number of carbonyl (C=O) groups excluding carboxylic acids is 1. The lowest BCUT2D eigenvalue weighted by Crippen LogP contribution is -2.57. The number of benzene rings is 2. The van der Waals surface area contributed by atoms with Gasteiger partial charge in [-0.3, -0.25) is 19.3 Å². The second-order valence-electron chi connectivity index (χ2n) is 7.91. The van der Waals surface area contributed by atoms with Gasteiger partial charge in [0.05, 0.1) is 0 Å². The monoisotopic (exact) mass is 429 g/mol. The molecule has 0 fully saturated rings. The van der Waals surface area contributed by atoms with Gasteiger partial charge in [0, 0.05) is 23.9 Å². The van der Waals surface area contributed by atoms with Crippen LogP contribution >= 0.6 is 0 Å². The summed E-state index contributed by atoms with van der Waals surface area (Å²) in [5.74, 6) is -0.209. The Hall–Kier alpha value is -4.00. The van der Waals surface area contributed by atoms with E-state index in [2.05, 4.69) is 0 Å². The van der Waals surface area contributed by atoms with Crippen LogP contribution in [0.5, 0.6) is 11.5 Å². The van der Waals surface area contributed by atoms with Crippen LogP contribution in [0, 0.1) is 0 Å². The van der Waals surface area contributed by atoms with Crippen LogP contribution in [0.15, 0.2) is 83.8 Å². The number of pyridine rings is 1. The lowest BCUT2D eigenvalue weighted by atomic mass is 9.97. The van der Waals surface area contributed by atoms with Crippen LogP contribution in [0.3, 0.4) is 0 Å². The summed E-state index contributed by atoms with van der Waals surface area (Å²) in [5.41, 5.74) is 1.28. The smallest absolute Gasteiger partial charge is 0.278 e. The van der Waals surface area contributed by atoms with E-state index in [0.29, 0.717) is 6.61 Å². The molecule has 3 heterocycles. The molecule has 2 aliphatic rings. The first-order valence-corrected chi connectivity index (χ1v) is 10.5. The van der Waals surface area contributed by atoms with E-state index in [1.165, 1.54) is 6.07 Å². The van der Waals surface area contributed by atoms with Gasteiger partial charge in [0.1, 0.15) is 25.1 Å². The zero-order valence-corrected chi connectivity index (χ0v) is 17.6. The summed E-state index contributed by atoms with van der Waals surface area (Å²) in [5, 5.41) is 12.6. The van der Waals surface area contributed by atoms with Crippen molar-refractivity contribution in [2.75, 3.05) is 18.3 Å². The highest BCUT2D eigenvalue weighted by Gasteiger charge is 2.38. The number of aromatic hydroxyl groups is 1. The Morgan fingerprint density at radius 3 is 2.56 bits per heavy atom. The van der Waals surface area contributed by atoms with Crippen molar-refractivity contribution in [3.8, 4) is 11.5 Å². The van der Waals surface area contributed by atoms with Crippen LogP contribution in [0.1, 0.15) is 34.6 Å². The normalized spacial score (nSPS) is 21.1. The average molecular weight is 429 g/mol. The van der Waals surface area contributed by atoms with E-state index >= 15 is 0 Å². The molecular formula is C25H23N3O4. The third-order valence-electron chi connectivity index (χ3n) is 5.96. The van der Waals surface area contributed by atoms with Crippen LogP contribution in [0.4, 0.5) is 0 Å². The van der Waals surface area contributed by atoms with E-state index in [9.17, 15) is 14.7 Å². The first-order chi connectivity index (χ1) is 15.6. The highest BCUT2D eigenvalue weighted by atomic mass is 16.5. The van der Waals surface area contributed by atoms with Crippen molar-refractivity contribution in [3.63, 3.8) is 0 Å². The second kappa shape index (κ2) is 7.92. The number of fused-ring (bicyclic) bond motifs is 5. The van der Waals surface area contributed by atoms with E-state index in [0.717, 1.165) is 16.9 Å². The van der Waals surface area contributed by atoms with Gasteiger partial charge in [0.15, 0.2) is 11.4 Å².